The lowest BCUT2D eigenvalue weighted by atomic mass is 10.1. The van der Waals surface area contributed by atoms with Crippen molar-refractivity contribution in [1.29, 1.82) is 0 Å². The van der Waals surface area contributed by atoms with Crippen molar-refractivity contribution in [1.82, 2.24) is 19.7 Å². The van der Waals surface area contributed by atoms with Gasteiger partial charge >= 0.3 is 0 Å². The smallest absolute Gasteiger partial charge is 0.225 e. The van der Waals surface area contributed by atoms with E-state index in [0.717, 1.165) is 5.56 Å². The number of halogens is 2. The summed E-state index contributed by atoms with van der Waals surface area (Å²) < 4.78 is 29.2. The molecule has 5 rings (SSSR count). The molecule has 2 heterocycles. The maximum atomic E-state index is 14.0. The number of fused-ring (bicyclic) bond motifs is 1. The van der Waals surface area contributed by atoms with Gasteiger partial charge in [-0.2, -0.15) is 4.98 Å². The molecule has 32 heavy (non-hydrogen) atoms. The third-order valence-corrected chi connectivity index (χ3v) is 5.01. The Kier molecular flexibility index (Phi) is 4.95. The fourth-order valence-corrected chi connectivity index (χ4v) is 3.52. The Labute approximate surface area is 182 Å². The van der Waals surface area contributed by atoms with Crippen molar-refractivity contribution in [2.24, 2.45) is 0 Å². The molecule has 2 aromatic heterocycles. The van der Waals surface area contributed by atoms with Gasteiger partial charge in [0.05, 0.1) is 16.8 Å². The molecular weight excluding hydrogens is 410 g/mol. The number of benzene rings is 3. The van der Waals surface area contributed by atoms with E-state index in [1.54, 1.807) is 24.3 Å². The van der Waals surface area contributed by atoms with Crippen LogP contribution in [0.5, 0.6) is 0 Å². The Bertz CT molecular complexity index is 1420. The molecule has 0 aliphatic heterocycles. The van der Waals surface area contributed by atoms with Gasteiger partial charge in [0.2, 0.25) is 5.95 Å². The monoisotopic (exact) mass is 428 g/mol. The maximum absolute atomic E-state index is 14.0. The van der Waals surface area contributed by atoms with Crippen LogP contribution in [0.25, 0.3) is 28.0 Å². The third kappa shape index (κ3) is 3.74. The second kappa shape index (κ2) is 8.07. The molecule has 0 atom stereocenters. The molecule has 0 bridgehead atoms. The highest BCUT2D eigenvalue weighted by Crippen LogP contribution is 2.33. The lowest BCUT2D eigenvalue weighted by Crippen LogP contribution is -2.05. The van der Waals surface area contributed by atoms with Crippen molar-refractivity contribution in [3.63, 3.8) is 0 Å². The molecule has 5 aromatic rings. The number of nitrogen functional groups attached to an aromatic ring is 1. The van der Waals surface area contributed by atoms with Crippen LogP contribution in [-0.2, 0) is 6.54 Å². The molecule has 0 amide bonds. The van der Waals surface area contributed by atoms with Crippen LogP contribution in [0.3, 0.4) is 0 Å². The molecule has 0 unspecified atom stereocenters. The fourth-order valence-electron chi connectivity index (χ4n) is 3.52. The minimum atomic E-state index is -0.414. The van der Waals surface area contributed by atoms with Crippen molar-refractivity contribution in [2.75, 3.05) is 11.1 Å². The molecule has 0 fully saturated rings. The summed E-state index contributed by atoms with van der Waals surface area (Å²) in [6, 6.07) is 21.8. The molecule has 8 heteroatoms. The summed E-state index contributed by atoms with van der Waals surface area (Å²) in [6.07, 6.45) is 0. The zero-order chi connectivity index (χ0) is 22.1. The van der Waals surface area contributed by atoms with E-state index < -0.39 is 11.6 Å². The number of nitrogens with zero attached hydrogens (tertiary/aromatic N) is 4. The Hall–Kier alpha value is -4.33. The maximum Gasteiger partial charge on any atom is 0.225 e. The molecule has 6 nitrogen and oxygen atoms in total. The number of nitrogens with two attached hydrogens (primary N) is 1. The van der Waals surface area contributed by atoms with Gasteiger partial charge in [-0.15, -0.1) is 5.10 Å². The summed E-state index contributed by atoms with van der Waals surface area (Å²) in [7, 11) is 0. The van der Waals surface area contributed by atoms with Crippen LogP contribution in [-0.4, -0.2) is 19.7 Å². The Morgan fingerprint density at radius 1 is 0.844 bits per heavy atom. The van der Waals surface area contributed by atoms with E-state index in [2.05, 4.69) is 20.4 Å². The highest BCUT2D eigenvalue weighted by molar-refractivity contribution is 5.99. The van der Waals surface area contributed by atoms with Crippen LogP contribution in [0.1, 0.15) is 5.56 Å². The van der Waals surface area contributed by atoms with Gasteiger partial charge in [0.15, 0.2) is 5.65 Å². The molecule has 3 N–H and O–H groups in total. The molecule has 0 saturated heterocycles. The van der Waals surface area contributed by atoms with Gasteiger partial charge in [0.25, 0.3) is 0 Å². The second-order valence-corrected chi connectivity index (χ2v) is 7.22. The summed E-state index contributed by atoms with van der Waals surface area (Å²) in [5, 5.41) is 8.14. The lowest BCUT2D eigenvalue weighted by Gasteiger charge is -2.09. The minimum absolute atomic E-state index is 0.236. The van der Waals surface area contributed by atoms with Crippen molar-refractivity contribution >= 4 is 22.8 Å². The fraction of sp³-hybridized carbons (Fsp3) is 0.0417. The molecule has 3 aromatic carbocycles. The largest absolute Gasteiger partial charge is 0.383 e. The number of anilines is 2. The molecule has 0 radical (unpaired) electrons. The van der Waals surface area contributed by atoms with E-state index >= 15 is 0 Å². The minimum Gasteiger partial charge on any atom is -0.383 e. The first-order valence-corrected chi connectivity index (χ1v) is 9.94. The van der Waals surface area contributed by atoms with Gasteiger partial charge in [-0.3, -0.25) is 0 Å². The van der Waals surface area contributed by atoms with Crippen molar-refractivity contribution in [2.45, 2.75) is 6.54 Å². The quantitative estimate of drug-likeness (QED) is 0.414. The zero-order valence-electron chi connectivity index (χ0n) is 16.8. The second-order valence-electron chi connectivity index (χ2n) is 7.22. The average molecular weight is 428 g/mol. The highest BCUT2D eigenvalue weighted by atomic mass is 19.1. The van der Waals surface area contributed by atoms with E-state index in [0.29, 0.717) is 40.5 Å². The molecule has 0 saturated carbocycles. The van der Waals surface area contributed by atoms with Crippen LogP contribution < -0.4 is 11.1 Å². The number of hydrogen-bond donors (Lipinski definition) is 2. The summed E-state index contributed by atoms with van der Waals surface area (Å²) >= 11 is 0. The van der Waals surface area contributed by atoms with Crippen LogP contribution in [0.4, 0.5) is 20.5 Å². The third-order valence-electron chi connectivity index (χ3n) is 5.01. The number of hydrogen-bond acceptors (Lipinski definition) is 5. The van der Waals surface area contributed by atoms with Gasteiger partial charge < -0.3 is 11.1 Å². The lowest BCUT2D eigenvalue weighted by molar-refractivity contribution is 0.625. The van der Waals surface area contributed by atoms with Crippen LogP contribution in [0.15, 0.2) is 78.9 Å². The van der Waals surface area contributed by atoms with Crippen LogP contribution in [0, 0.1) is 11.6 Å². The van der Waals surface area contributed by atoms with E-state index in [-0.39, 0.29) is 5.82 Å². The molecule has 0 spiro atoms. The normalized spacial score (nSPS) is 11.1. The van der Waals surface area contributed by atoms with Crippen molar-refractivity contribution < 1.29 is 8.78 Å². The Morgan fingerprint density at radius 2 is 1.59 bits per heavy atom. The SMILES string of the molecule is Nc1c2c(-c3cccc(F)c3)nc(NCc3ccccc3)nc2nn1-c1cccc(F)c1. The topological polar surface area (TPSA) is 81.7 Å². The predicted molar refractivity (Wildman–Crippen MR) is 120 cm³/mol. The van der Waals surface area contributed by atoms with Gasteiger partial charge in [-0.1, -0.05) is 48.5 Å². The first-order chi connectivity index (χ1) is 15.6. The number of aromatic nitrogens is 4. The first-order valence-electron chi connectivity index (χ1n) is 9.94. The molecule has 0 aliphatic rings. The molecular formula is C24H18F2N6. The van der Waals surface area contributed by atoms with Gasteiger partial charge in [0, 0.05) is 12.1 Å². The van der Waals surface area contributed by atoms with Crippen LogP contribution >= 0.6 is 0 Å². The van der Waals surface area contributed by atoms with E-state index in [1.807, 2.05) is 30.3 Å². The van der Waals surface area contributed by atoms with Gasteiger partial charge in [-0.25, -0.2) is 18.4 Å². The van der Waals surface area contributed by atoms with Gasteiger partial charge in [-0.05, 0) is 35.9 Å². The molecule has 158 valence electrons. The summed E-state index contributed by atoms with van der Waals surface area (Å²) in [6.45, 7) is 0.495. The summed E-state index contributed by atoms with van der Waals surface area (Å²) in [4.78, 5) is 9.12. The number of nitrogens with one attached hydrogen (secondary N) is 1. The Morgan fingerprint density at radius 3 is 2.34 bits per heavy atom. The predicted octanol–water partition coefficient (Wildman–Crippen LogP) is 4.96. The van der Waals surface area contributed by atoms with Crippen LogP contribution in [0.2, 0.25) is 0 Å². The highest BCUT2D eigenvalue weighted by Gasteiger charge is 2.19. The van der Waals surface area contributed by atoms with Gasteiger partial charge in [0.1, 0.15) is 17.5 Å². The number of rotatable bonds is 5. The summed E-state index contributed by atoms with van der Waals surface area (Å²) in [5.74, 6) is -0.253. The Balaban J connectivity index is 1.66. The molecule has 0 aliphatic carbocycles. The van der Waals surface area contributed by atoms with E-state index in [4.69, 9.17) is 5.73 Å². The van der Waals surface area contributed by atoms with E-state index in [9.17, 15) is 8.78 Å². The zero-order valence-corrected chi connectivity index (χ0v) is 16.8. The first kappa shape index (κ1) is 19.6. The standard InChI is InChI=1S/C24H18F2N6/c25-17-9-4-8-16(12-17)21-20-22(27)32(19-11-5-10-18(26)13-19)31-23(20)30-24(29-21)28-14-15-6-2-1-3-7-15/h1-13H,14,27H2,(H,28,30,31). The van der Waals surface area contributed by atoms with E-state index in [1.165, 1.54) is 28.9 Å². The van der Waals surface area contributed by atoms with Crippen molar-refractivity contribution in [3.8, 4) is 16.9 Å². The average Bonchev–Trinajstić information content (AvgIpc) is 3.14. The van der Waals surface area contributed by atoms with Crippen molar-refractivity contribution in [3.05, 3.63) is 96.1 Å². The summed E-state index contributed by atoms with van der Waals surface area (Å²) in [5.41, 5.74) is 9.18.